The van der Waals surface area contributed by atoms with E-state index in [-0.39, 0.29) is 0 Å². The number of methoxy groups -OCH3 is 1. The Morgan fingerprint density at radius 2 is 2.22 bits per heavy atom. The Hall–Kier alpha value is -1.59. The normalized spacial score (nSPS) is 19.5. The Morgan fingerprint density at radius 1 is 1.43 bits per heavy atom. The summed E-state index contributed by atoms with van der Waals surface area (Å²) in [6.45, 7) is 9.38. The monoisotopic (exact) mass is 318 g/mol. The minimum absolute atomic E-state index is 0.482. The second kappa shape index (κ2) is 8.89. The number of benzene rings is 1. The molecule has 1 unspecified atom stereocenters. The van der Waals surface area contributed by atoms with Crippen LogP contribution in [0.4, 0.5) is 5.69 Å². The van der Waals surface area contributed by atoms with E-state index in [1.54, 1.807) is 7.11 Å². The lowest BCUT2D eigenvalue weighted by atomic mass is 10.1. The molecule has 0 radical (unpaired) electrons. The standard InChI is InChI=1S/C18H30N4O/c1-14(2)11-22-9-8-15(12-22)10-20-18(19)21-17-7-5-4-6-16(17)13-23-3/h4-7,14-15H,8-13H2,1-3H3,(H3,19,20,21). The fourth-order valence-electron chi connectivity index (χ4n) is 3.07. The lowest BCUT2D eigenvalue weighted by molar-refractivity contribution is 0.185. The van der Waals surface area contributed by atoms with E-state index in [4.69, 9.17) is 10.5 Å². The third kappa shape index (κ3) is 5.84. The number of nitrogens with zero attached hydrogens (tertiary/aromatic N) is 2. The van der Waals surface area contributed by atoms with Gasteiger partial charge in [0.05, 0.1) is 6.61 Å². The summed E-state index contributed by atoms with van der Waals surface area (Å²) in [6.07, 6.45) is 1.21. The number of aliphatic imine (C=N–C) groups is 1. The molecule has 0 amide bonds. The summed E-state index contributed by atoms with van der Waals surface area (Å²) in [7, 11) is 1.69. The van der Waals surface area contributed by atoms with Gasteiger partial charge in [0, 0.05) is 38.0 Å². The van der Waals surface area contributed by atoms with Crippen LogP contribution in [0, 0.1) is 11.8 Å². The second-order valence-electron chi connectivity index (χ2n) is 6.75. The van der Waals surface area contributed by atoms with Crippen LogP contribution in [0.1, 0.15) is 25.8 Å². The first-order valence-corrected chi connectivity index (χ1v) is 8.44. The SMILES string of the molecule is COCc1ccccc1NC(N)=NCC1CCN(CC(C)C)C1. The lowest BCUT2D eigenvalue weighted by Crippen LogP contribution is -2.27. The van der Waals surface area contributed by atoms with E-state index >= 15 is 0 Å². The van der Waals surface area contributed by atoms with Crippen molar-refractivity contribution in [3.63, 3.8) is 0 Å². The van der Waals surface area contributed by atoms with Crippen molar-refractivity contribution in [2.75, 3.05) is 38.6 Å². The molecule has 1 heterocycles. The molecule has 1 aromatic rings. The number of likely N-dealkylation sites (tertiary alicyclic amines) is 1. The minimum atomic E-state index is 0.482. The van der Waals surface area contributed by atoms with Crippen LogP contribution in [0.2, 0.25) is 0 Å². The van der Waals surface area contributed by atoms with E-state index < -0.39 is 0 Å². The largest absolute Gasteiger partial charge is 0.380 e. The number of anilines is 1. The van der Waals surface area contributed by atoms with E-state index in [0.717, 1.165) is 30.3 Å². The first-order chi connectivity index (χ1) is 11.1. The van der Waals surface area contributed by atoms with Crippen LogP contribution >= 0.6 is 0 Å². The Morgan fingerprint density at radius 3 is 2.96 bits per heavy atom. The van der Waals surface area contributed by atoms with Crippen molar-refractivity contribution < 1.29 is 4.74 Å². The van der Waals surface area contributed by atoms with Crippen LogP contribution in [-0.2, 0) is 11.3 Å². The van der Waals surface area contributed by atoms with E-state index in [1.165, 1.54) is 19.5 Å². The Balaban J connectivity index is 1.84. The van der Waals surface area contributed by atoms with Crippen molar-refractivity contribution in [1.29, 1.82) is 0 Å². The average Bonchev–Trinajstić information content (AvgIpc) is 2.94. The third-order valence-corrected chi connectivity index (χ3v) is 4.09. The molecule has 1 saturated heterocycles. The van der Waals surface area contributed by atoms with E-state index in [0.29, 0.717) is 18.5 Å². The zero-order chi connectivity index (χ0) is 16.7. The molecule has 1 fully saturated rings. The van der Waals surface area contributed by atoms with Gasteiger partial charge in [0.15, 0.2) is 5.96 Å². The number of para-hydroxylation sites is 1. The van der Waals surface area contributed by atoms with Crippen LogP contribution in [0.25, 0.3) is 0 Å². The molecule has 0 aliphatic carbocycles. The maximum atomic E-state index is 6.05. The summed E-state index contributed by atoms with van der Waals surface area (Å²) in [6, 6.07) is 8.00. The summed E-state index contributed by atoms with van der Waals surface area (Å²) >= 11 is 0. The zero-order valence-electron chi connectivity index (χ0n) is 14.6. The molecule has 0 bridgehead atoms. The molecule has 1 aliphatic heterocycles. The van der Waals surface area contributed by atoms with Crippen molar-refractivity contribution in [2.24, 2.45) is 22.6 Å². The molecule has 1 aromatic carbocycles. The second-order valence-corrected chi connectivity index (χ2v) is 6.75. The fraction of sp³-hybridized carbons (Fsp3) is 0.611. The van der Waals surface area contributed by atoms with Gasteiger partial charge in [0.2, 0.25) is 0 Å². The molecule has 0 aromatic heterocycles. The molecule has 0 spiro atoms. The average molecular weight is 318 g/mol. The predicted octanol–water partition coefficient (Wildman–Crippen LogP) is 2.54. The molecule has 3 N–H and O–H groups in total. The molecule has 2 rings (SSSR count). The Bertz CT molecular complexity index is 515. The molecular weight excluding hydrogens is 288 g/mol. The van der Waals surface area contributed by atoms with Crippen molar-refractivity contribution in [3.05, 3.63) is 29.8 Å². The molecule has 5 heteroatoms. The first-order valence-electron chi connectivity index (χ1n) is 8.44. The van der Waals surface area contributed by atoms with Gasteiger partial charge >= 0.3 is 0 Å². The zero-order valence-corrected chi connectivity index (χ0v) is 14.6. The highest BCUT2D eigenvalue weighted by molar-refractivity contribution is 5.92. The van der Waals surface area contributed by atoms with Gasteiger partial charge < -0.3 is 20.7 Å². The maximum Gasteiger partial charge on any atom is 0.193 e. The van der Waals surface area contributed by atoms with Gasteiger partial charge in [0.1, 0.15) is 0 Å². The van der Waals surface area contributed by atoms with Gasteiger partial charge in [-0.3, -0.25) is 4.99 Å². The molecule has 128 valence electrons. The highest BCUT2D eigenvalue weighted by atomic mass is 16.5. The number of nitrogens with two attached hydrogens (primary N) is 1. The van der Waals surface area contributed by atoms with E-state index in [2.05, 4.69) is 29.1 Å². The van der Waals surface area contributed by atoms with E-state index in [1.807, 2.05) is 24.3 Å². The predicted molar refractivity (Wildman–Crippen MR) is 96.7 cm³/mol. The van der Waals surface area contributed by atoms with Gasteiger partial charge in [-0.25, -0.2) is 0 Å². The van der Waals surface area contributed by atoms with Gasteiger partial charge in [-0.05, 0) is 30.9 Å². The smallest absolute Gasteiger partial charge is 0.193 e. The topological polar surface area (TPSA) is 62.9 Å². The summed E-state index contributed by atoms with van der Waals surface area (Å²) in [5.74, 6) is 1.82. The first kappa shape index (κ1) is 17.8. The third-order valence-electron chi connectivity index (χ3n) is 4.09. The lowest BCUT2D eigenvalue weighted by Gasteiger charge is -2.17. The molecule has 1 atom stereocenters. The molecule has 23 heavy (non-hydrogen) atoms. The van der Waals surface area contributed by atoms with Crippen molar-refractivity contribution in [2.45, 2.75) is 26.9 Å². The van der Waals surface area contributed by atoms with Crippen molar-refractivity contribution >= 4 is 11.6 Å². The Labute approximate surface area is 139 Å². The van der Waals surface area contributed by atoms with Crippen LogP contribution < -0.4 is 11.1 Å². The maximum absolute atomic E-state index is 6.05. The van der Waals surface area contributed by atoms with Crippen LogP contribution in [0.3, 0.4) is 0 Å². The number of guanidine groups is 1. The number of ether oxygens (including phenoxy) is 1. The molecule has 0 saturated carbocycles. The number of nitrogens with one attached hydrogen (secondary N) is 1. The summed E-state index contributed by atoms with van der Waals surface area (Å²) in [5, 5.41) is 3.20. The highest BCUT2D eigenvalue weighted by Gasteiger charge is 2.22. The molecular formula is C18H30N4O. The highest BCUT2D eigenvalue weighted by Crippen LogP contribution is 2.18. The van der Waals surface area contributed by atoms with Gasteiger partial charge in [0.25, 0.3) is 0 Å². The van der Waals surface area contributed by atoms with Gasteiger partial charge in [-0.15, -0.1) is 0 Å². The van der Waals surface area contributed by atoms with Crippen LogP contribution in [-0.4, -0.2) is 44.1 Å². The quantitative estimate of drug-likeness (QED) is 0.599. The van der Waals surface area contributed by atoms with Crippen LogP contribution in [0.15, 0.2) is 29.3 Å². The summed E-state index contributed by atoms with van der Waals surface area (Å²) < 4.78 is 5.21. The van der Waals surface area contributed by atoms with Gasteiger partial charge in [-0.2, -0.15) is 0 Å². The van der Waals surface area contributed by atoms with Crippen molar-refractivity contribution in [1.82, 2.24) is 4.90 Å². The minimum Gasteiger partial charge on any atom is -0.380 e. The molecule has 1 aliphatic rings. The fourth-order valence-corrected chi connectivity index (χ4v) is 3.07. The van der Waals surface area contributed by atoms with Crippen molar-refractivity contribution in [3.8, 4) is 0 Å². The summed E-state index contributed by atoms with van der Waals surface area (Å²) in [4.78, 5) is 7.06. The number of hydrogen-bond acceptors (Lipinski definition) is 3. The Kier molecular flexibility index (Phi) is 6.86. The van der Waals surface area contributed by atoms with Crippen LogP contribution in [0.5, 0.6) is 0 Å². The van der Waals surface area contributed by atoms with E-state index in [9.17, 15) is 0 Å². The van der Waals surface area contributed by atoms with Gasteiger partial charge in [-0.1, -0.05) is 32.0 Å². The summed E-state index contributed by atoms with van der Waals surface area (Å²) in [5.41, 5.74) is 8.09. The molecule has 5 nitrogen and oxygen atoms in total. The number of rotatable bonds is 7. The number of hydrogen-bond donors (Lipinski definition) is 2.